The highest BCUT2D eigenvalue weighted by Gasteiger charge is 2.47. The van der Waals surface area contributed by atoms with Gasteiger partial charge in [-0.1, -0.05) is 6.07 Å². The van der Waals surface area contributed by atoms with Gasteiger partial charge >= 0.3 is 0 Å². The molecule has 0 bridgehead atoms. The van der Waals surface area contributed by atoms with Crippen molar-refractivity contribution in [2.24, 2.45) is 5.92 Å². The van der Waals surface area contributed by atoms with E-state index in [9.17, 15) is 0 Å². The van der Waals surface area contributed by atoms with E-state index in [1.165, 1.54) is 37.8 Å². The third kappa shape index (κ3) is 1.17. The molecular formula is C12H16N2. The van der Waals surface area contributed by atoms with Crippen molar-refractivity contribution in [3.8, 4) is 0 Å². The van der Waals surface area contributed by atoms with Gasteiger partial charge in [0.2, 0.25) is 0 Å². The summed E-state index contributed by atoms with van der Waals surface area (Å²) < 4.78 is 0. The second-order valence-electron chi connectivity index (χ2n) is 4.52. The minimum atomic E-state index is 0.286. The summed E-state index contributed by atoms with van der Waals surface area (Å²) in [5, 5.41) is 3.71. The standard InChI is InChI=1S/C12H16N2/c1-3-11(9-13-7-1)12(10-4-5-10)6-2-8-14-12/h1,3,7,9-10,14H,2,4-6,8H2. The van der Waals surface area contributed by atoms with E-state index in [2.05, 4.69) is 22.4 Å². The van der Waals surface area contributed by atoms with Gasteiger partial charge in [0.15, 0.2) is 0 Å². The molecule has 0 spiro atoms. The highest BCUT2D eigenvalue weighted by molar-refractivity contribution is 5.25. The summed E-state index contributed by atoms with van der Waals surface area (Å²) >= 11 is 0. The van der Waals surface area contributed by atoms with Crippen LogP contribution in [0.4, 0.5) is 0 Å². The Bertz CT molecular complexity index is 310. The molecule has 2 heterocycles. The number of nitrogens with zero attached hydrogens (tertiary/aromatic N) is 1. The largest absolute Gasteiger partial charge is 0.307 e. The van der Waals surface area contributed by atoms with E-state index in [1.54, 1.807) is 0 Å². The van der Waals surface area contributed by atoms with Crippen LogP contribution in [0, 0.1) is 5.92 Å². The van der Waals surface area contributed by atoms with E-state index < -0.39 is 0 Å². The Labute approximate surface area is 84.7 Å². The molecule has 2 fully saturated rings. The molecule has 1 saturated carbocycles. The molecular weight excluding hydrogens is 172 g/mol. The van der Waals surface area contributed by atoms with Gasteiger partial charge in [0, 0.05) is 17.9 Å². The molecule has 0 radical (unpaired) electrons. The Morgan fingerprint density at radius 1 is 1.43 bits per heavy atom. The third-order valence-electron chi connectivity index (χ3n) is 3.64. The molecule has 14 heavy (non-hydrogen) atoms. The van der Waals surface area contributed by atoms with Gasteiger partial charge in [-0.05, 0) is 49.8 Å². The van der Waals surface area contributed by atoms with Crippen molar-refractivity contribution in [1.82, 2.24) is 10.3 Å². The minimum absolute atomic E-state index is 0.286. The minimum Gasteiger partial charge on any atom is -0.307 e. The molecule has 2 nitrogen and oxygen atoms in total. The van der Waals surface area contributed by atoms with Crippen LogP contribution < -0.4 is 5.32 Å². The van der Waals surface area contributed by atoms with Crippen LogP contribution in [0.2, 0.25) is 0 Å². The molecule has 1 aromatic rings. The lowest BCUT2D eigenvalue weighted by molar-refractivity contribution is 0.335. The van der Waals surface area contributed by atoms with E-state index in [0.717, 1.165) is 5.92 Å². The van der Waals surface area contributed by atoms with Crippen LogP contribution >= 0.6 is 0 Å². The number of nitrogens with one attached hydrogen (secondary N) is 1. The van der Waals surface area contributed by atoms with Gasteiger partial charge in [-0.25, -0.2) is 0 Å². The van der Waals surface area contributed by atoms with Crippen LogP contribution in [0.15, 0.2) is 24.5 Å². The predicted octanol–water partition coefficient (Wildman–Crippen LogP) is 2.07. The van der Waals surface area contributed by atoms with Crippen molar-refractivity contribution in [2.45, 2.75) is 31.2 Å². The molecule has 1 saturated heterocycles. The Kier molecular flexibility index (Phi) is 1.84. The van der Waals surface area contributed by atoms with E-state index in [-0.39, 0.29) is 5.54 Å². The maximum Gasteiger partial charge on any atom is 0.0478 e. The topological polar surface area (TPSA) is 24.9 Å². The van der Waals surface area contributed by atoms with E-state index >= 15 is 0 Å². The van der Waals surface area contributed by atoms with Gasteiger partial charge in [-0.2, -0.15) is 0 Å². The van der Waals surface area contributed by atoms with Crippen LogP contribution in [0.25, 0.3) is 0 Å². The molecule has 1 aromatic heterocycles. The van der Waals surface area contributed by atoms with Gasteiger partial charge in [0.05, 0.1) is 0 Å². The molecule has 3 rings (SSSR count). The van der Waals surface area contributed by atoms with Crippen LogP contribution in [0.3, 0.4) is 0 Å². The molecule has 2 heteroatoms. The first-order valence-corrected chi connectivity index (χ1v) is 5.57. The van der Waals surface area contributed by atoms with Crippen molar-refractivity contribution >= 4 is 0 Å². The van der Waals surface area contributed by atoms with Crippen molar-refractivity contribution in [3.63, 3.8) is 0 Å². The first kappa shape index (κ1) is 8.42. The number of rotatable bonds is 2. The molecule has 74 valence electrons. The molecule has 0 aromatic carbocycles. The molecule has 0 amide bonds. The van der Waals surface area contributed by atoms with Crippen molar-refractivity contribution in [1.29, 1.82) is 0 Å². The molecule has 1 N–H and O–H groups in total. The average molecular weight is 188 g/mol. The van der Waals surface area contributed by atoms with Gasteiger partial charge in [-0.15, -0.1) is 0 Å². The van der Waals surface area contributed by atoms with E-state index in [0.29, 0.717) is 0 Å². The lowest BCUT2D eigenvalue weighted by Crippen LogP contribution is -2.39. The maximum atomic E-state index is 4.24. The Hall–Kier alpha value is -0.890. The zero-order valence-corrected chi connectivity index (χ0v) is 8.37. The summed E-state index contributed by atoms with van der Waals surface area (Å²) in [6, 6.07) is 4.28. The lowest BCUT2D eigenvalue weighted by atomic mass is 9.85. The molecule has 1 unspecified atom stereocenters. The summed E-state index contributed by atoms with van der Waals surface area (Å²) in [4.78, 5) is 4.24. The fraction of sp³-hybridized carbons (Fsp3) is 0.583. The van der Waals surface area contributed by atoms with Gasteiger partial charge in [0.1, 0.15) is 0 Å². The van der Waals surface area contributed by atoms with Gasteiger partial charge in [0.25, 0.3) is 0 Å². The fourth-order valence-corrected chi connectivity index (χ4v) is 2.80. The van der Waals surface area contributed by atoms with Crippen LogP contribution in [0.1, 0.15) is 31.2 Å². The normalized spacial score (nSPS) is 32.0. The summed E-state index contributed by atoms with van der Waals surface area (Å²) in [7, 11) is 0. The number of aromatic nitrogens is 1. The Morgan fingerprint density at radius 2 is 2.36 bits per heavy atom. The van der Waals surface area contributed by atoms with Gasteiger partial charge < -0.3 is 5.32 Å². The van der Waals surface area contributed by atoms with Crippen LogP contribution in [-0.2, 0) is 5.54 Å². The summed E-state index contributed by atoms with van der Waals surface area (Å²) in [6.45, 7) is 1.17. The van der Waals surface area contributed by atoms with E-state index in [1.807, 2.05) is 12.4 Å². The Balaban J connectivity index is 1.99. The van der Waals surface area contributed by atoms with Crippen LogP contribution in [-0.4, -0.2) is 11.5 Å². The average Bonchev–Trinajstić information content (AvgIpc) is 2.99. The molecule has 2 aliphatic rings. The third-order valence-corrected chi connectivity index (χ3v) is 3.64. The Morgan fingerprint density at radius 3 is 2.93 bits per heavy atom. The predicted molar refractivity (Wildman–Crippen MR) is 55.9 cm³/mol. The zero-order chi connectivity index (χ0) is 9.43. The molecule has 1 aliphatic heterocycles. The zero-order valence-electron chi connectivity index (χ0n) is 8.37. The van der Waals surface area contributed by atoms with Crippen molar-refractivity contribution in [3.05, 3.63) is 30.1 Å². The second kappa shape index (κ2) is 3.06. The second-order valence-corrected chi connectivity index (χ2v) is 4.52. The van der Waals surface area contributed by atoms with Gasteiger partial charge in [-0.3, -0.25) is 4.98 Å². The quantitative estimate of drug-likeness (QED) is 0.768. The van der Waals surface area contributed by atoms with E-state index in [4.69, 9.17) is 0 Å². The number of hydrogen-bond acceptors (Lipinski definition) is 2. The summed E-state index contributed by atoms with van der Waals surface area (Å²) in [5.74, 6) is 0.870. The van der Waals surface area contributed by atoms with Crippen LogP contribution in [0.5, 0.6) is 0 Å². The number of pyridine rings is 1. The number of hydrogen-bond donors (Lipinski definition) is 1. The SMILES string of the molecule is c1cncc(C2(C3CC3)CCCN2)c1. The first-order chi connectivity index (χ1) is 6.92. The summed E-state index contributed by atoms with van der Waals surface area (Å²) in [6.07, 6.45) is 9.29. The smallest absolute Gasteiger partial charge is 0.0478 e. The van der Waals surface area contributed by atoms with Crippen molar-refractivity contribution < 1.29 is 0 Å². The molecule has 1 aliphatic carbocycles. The first-order valence-electron chi connectivity index (χ1n) is 5.57. The molecule has 1 atom stereocenters. The fourth-order valence-electron chi connectivity index (χ4n) is 2.80. The highest BCUT2D eigenvalue weighted by Crippen LogP contribution is 2.49. The summed E-state index contributed by atoms with van der Waals surface area (Å²) in [5.41, 5.74) is 1.69. The highest BCUT2D eigenvalue weighted by atomic mass is 15.0. The maximum absolute atomic E-state index is 4.24. The monoisotopic (exact) mass is 188 g/mol. The lowest BCUT2D eigenvalue weighted by Gasteiger charge is -2.30. The van der Waals surface area contributed by atoms with Crippen molar-refractivity contribution in [2.75, 3.05) is 6.54 Å².